The summed E-state index contributed by atoms with van der Waals surface area (Å²) in [5.41, 5.74) is 0. The summed E-state index contributed by atoms with van der Waals surface area (Å²) in [6.07, 6.45) is 3.12. The van der Waals surface area contributed by atoms with Gasteiger partial charge < -0.3 is 0 Å². The molecule has 0 N–H and O–H groups in total. The fourth-order valence-corrected chi connectivity index (χ4v) is 82.4. The predicted molar refractivity (Wildman–Crippen MR) is 86.8 cm³/mol. The van der Waals surface area contributed by atoms with Crippen LogP contribution in [0.1, 0.15) is 6.42 Å². The Morgan fingerprint density at radius 1 is 0.714 bits per heavy atom. The summed E-state index contributed by atoms with van der Waals surface area (Å²) in [5, 5.41) is -19.4. The van der Waals surface area contributed by atoms with Crippen LogP contribution in [0.5, 0.6) is 0 Å². The second-order valence-corrected chi connectivity index (χ2v) is 48.6. The standard InChI is InChI=1S/C5H5.C3F9Ge.3C2H6N.Zr/c1-2-4-5-3-1;4-1(5,6)13(2(7,8)9)3(10,11)12;3*1-3-2;/h1-3H,4H2;;3*1-2H3;/q;;3*-1;+3. The molecule has 28 heavy (non-hydrogen) atoms. The van der Waals surface area contributed by atoms with Gasteiger partial charge in [-0.1, -0.05) is 0 Å². The minimum atomic E-state index is -8.99. The quantitative estimate of drug-likeness (QED) is 0.364. The van der Waals surface area contributed by atoms with E-state index in [1.54, 1.807) is 0 Å². The molecule has 0 aromatic heterocycles. The monoisotopic (exact) mass is 568 g/mol. The van der Waals surface area contributed by atoms with Gasteiger partial charge in [0.15, 0.2) is 0 Å². The van der Waals surface area contributed by atoms with Gasteiger partial charge in [-0.3, -0.25) is 0 Å². The van der Waals surface area contributed by atoms with Crippen molar-refractivity contribution in [1.29, 1.82) is 0 Å². The van der Waals surface area contributed by atoms with E-state index in [0.717, 1.165) is 48.4 Å². The van der Waals surface area contributed by atoms with Gasteiger partial charge in [-0.15, -0.1) is 0 Å². The molecule has 0 aliphatic heterocycles. The van der Waals surface area contributed by atoms with E-state index in [1.807, 2.05) is 0 Å². The zero-order valence-electron chi connectivity index (χ0n) is 16.2. The van der Waals surface area contributed by atoms with Crippen LogP contribution in [0.15, 0.2) is 21.5 Å². The Hall–Kier alpha value is 0.156. The zero-order valence-corrected chi connectivity index (χ0v) is 20.7. The van der Waals surface area contributed by atoms with E-state index in [-0.39, 0.29) is 0 Å². The molecule has 1 aliphatic rings. The Morgan fingerprint density at radius 3 is 1.21 bits per heavy atom. The van der Waals surface area contributed by atoms with Crippen molar-refractivity contribution in [1.82, 2.24) is 8.53 Å². The van der Waals surface area contributed by atoms with E-state index < -0.39 is 51.3 Å². The third kappa shape index (κ3) is 2.71. The van der Waals surface area contributed by atoms with Gasteiger partial charge in [-0.05, 0) is 0 Å². The SMILES string of the molecule is C[N](C)[Zr]([C]1=CC=CC1)([N](C)C)([N](C)C)[Ge]([C](F)(F)F)([C](F)(F)F)[C](F)(F)F. The fourth-order valence-electron chi connectivity index (χ4n) is 5.36. The van der Waals surface area contributed by atoms with Gasteiger partial charge in [0, 0.05) is 0 Å². The first-order valence-corrected chi connectivity index (χ1v) is 23.1. The van der Waals surface area contributed by atoms with Crippen LogP contribution in [-0.4, -0.2) is 75.3 Å². The molecule has 0 saturated carbocycles. The van der Waals surface area contributed by atoms with E-state index in [9.17, 15) is 39.5 Å². The number of rotatable bonds is 5. The normalized spacial score (nSPS) is 18.8. The van der Waals surface area contributed by atoms with Crippen molar-refractivity contribution in [2.24, 2.45) is 0 Å². The number of halogens is 9. The van der Waals surface area contributed by atoms with Crippen LogP contribution in [0.2, 0.25) is 0 Å². The second kappa shape index (κ2) is 7.39. The Morgan fingerprint density at radius 2 is 1.04 bits per heavy atom. The van der Waals surface area contributed by atoms with Crippen LogP contribution in [0.25, 0.3) is 0 Å². The molecule has 0 unspecified atom stereocenters. The van der Waals surface area contributed by atoms with Crippen LogP contribution >= 0.6 is 0 Å². The molecule has 0 aromatic rings. The van der Waals surface area contributed by atoms with Crippen molar-refractivity contribution >= 4 is 9.48 Å². The molecule has 0 saturated heterocycles. The van der Waals surface area contributed by atoms with Crippen molar-refractivity contribution in [3.8, 4) is 0 Å². The van der Waals surface area contributed by atoms with Crippen molar-refractivity contribution < 1.29 is 56.7 Å². The number of hydrogen-bond acceptors (Lipinski definition) is 3. The average Bonchev–Trinajstić information content (AvgIpc) is 2.92. The van der Waals surface area contributed by atoms with Crippen LogP contribution in [0, 0.1) is 0 Å². The number of hydrogen-bond donors (Lipinski definition) is 0. The van der Waals surface area contributed by atoms with Gasteiger partial charge in [0.05, 0.1) is 0 Å². The van der Waals surface area contributed by atoms with Gasteiger partial charge in [0.25, 0.3) is 0 Å². The number of alkyl halides is 9. The van der Waals surface area contributed by atoms with E-state index >= 15 is 0 Å². The molecule has 1 aliphatic carbocycles. The summed E-state index contributed by atoms with van der Waals surface area (Å²) < 4.78 is 131. The molecule has 1 rings (SSSR count). The average molecular weight is 568 g/mol. The van der Waals surface area contributed by atoms with Crippen LogP contribution in [0.3, 0.4) is 0 Å². The zero-order chi connectivity index (χ0) is 22.6. The first-order valence-electron chi connectivity index (χ1n) is 8.02. The first-order chi connectivity index (χ1) is 12.3. The third-order valence-corrected chi connectivity index (χ3v) is 79.6. The topological polar surface area (TPSA) is 9.72 Å². The van der Waals surface area contributed by atoms with Gasteiger partial charge in [0.2, 0.25) is 0 Å². The van der Waals surface area contributed by atoms with Crippen molar-refractivity contribution in [3.63, 3.8) is 0 Å². The predicted octanol–water partition coefficient (Wildman–Crippen LogP) is 4.20. The molecule has 0 amide bonds. The van der Waals surface area contributed by atoms with Crippen molar-refractivity contribution in [2.45, 2.75) is 21.4 Å². The van der Waals surface area contributed by atoms with E-state index in [2.05, 4.69) is 0 Å². The number of nitrogens with zero attached hydrogens (tertiary/aromatic N) is 3. The maximum absolute atomic E-state index is 14.4. The van der Waals surface area contributed by atoms with Crippen LogP contribution in [0.4, 0.5) is 39.5 Å². The molecule has 0 radical (unpaired) electrons. The summed E-state index contributed by atoms with van der Waals surface area (Å²) >= 11 is -7.57. The Bertz CT molecular complexity index is 602. The van der Waals surface area contributed by atoms with Crippen LogP contribution in [-0.2, 0) is 17.1 Å². The maximum atomic E-state index is 14.4. The molecular weight excluding hydrogens is 545 g/mol. The summed E-state index contributed by atoms with van der Waals surface area (Å²) in [7, 11) is -3.53. The van der Waals surface area contributed by atoms with E-state index in [0.29, 0.717) is 8.53 Å². The summed E-state index contributed by atoms with van der Waals surface area (Å²) in [4.78, 5) is 0. The Balaban J connectivity index is 4.62. The first kappa shape index (κ1) is 26.2. The molecule has 0 aromatic carbocycles. The second-order valence-electron chi connectivity index (χ2n) is 7.35. The molecule has 0 heterocycles. The summed E-state index contributed by atoms with van der Waals surface area (Å²) in [6, 6.07) is 0. The van der Waals surface area contributed by atoms with Gasteiger partial charge in [-0.25, -0.2) is 0 Å². The molecule has 0 spiro atoms. The minimum absolute atomic E-state index is 0.394. The third-order valence-electron chi connectivity index (χ3n) is 5.87. The molecule has 0 atom stereocenters. The molecule has 3 nitrogen and oxygen atoms in total. The Kier molecular flexibility index (Phi) is 6.91. The Labute approximate surface area is 159 Å². The molecule has 0 fully saturated rings. The molecular formula is C14H23F9GeN3Zr. The fraction of sp³-hybridized carbons (Fsp3) is 0.714. The van der Waals surface area contributed by atoms with Crippen molar-refractivity contribution in [3.05, 3.63) is 21.5 Å². The summed E-state index contributed by atoms with van der Waals surface area (Å²) in [6.45, 7) is 0. The van der Waals surface area contributed by atoms with Gasteiger partial charge in [0.1, 0.15) is 0 Å². The van der Waals surface area contributed by atoms with E-state index in [4.69, 9.17) is 0 Å². The number of allylic oxidation sites excluding steroid dienone is 4. The summed E-state index contributed by atoms with van der Waals surface area (Å²) in [5.74, 6) is 0. The molecule has 0 bridgehead atoms. The molecule has 14 heteroatoms. The van der Waals surface area contributed by atoms with Crippen LogP contribution < -0.4 is 0 Å². The van der Waals surface area contributed by atoms with Gasteiger partial charge >= 0.3 is 160 Å². The van der Waals surface area contributed by atoms with E-state index in [1.165, 1.54) is 12.2 Å². The van der Waals surface area contributed by atoms with Crippen molar-refractivity contribution in [2.75, 3.05) is 42.3 Å². The molecule has 165 valence electrons. The van der Waals surface area contributed by atoms with Gasteiger partial charge in [-0.2, -0.15) is 0 Å².